The number of rotatable bonds is 4. The zero-order valence-corrected chi connectivity index (χ0v) is 12.9. The van der Waals surface area contributed by atoms with Crippen LogP contribution in [0.5, 0.6) is 0 Å². The van der Waals surface area contributed by atoms with E-state index in [1.807, 2.05) is 36.4 Å². The van der Waals surface area contributed by atoms with Crippen LogP contribution in [0, 0.1) is 0 Å². The molecule has 1 aromatic carbocycles. The van der Waals surface area contributed by atoms with Gasteiger partial charge in [-0.25, -0.2) is 9.97 Å². The number of hydrogen-bond donors (Lipinski definition) is 1. The van der Waals surface area contributed by atoms with Crippen LogP contribution in [-0.4, -0.2) is 19.9 Å². The normalized spacial score (nSPS) is 10.7. The molecule has 5 nitrogen and oxygen atoms in total. The van der Waals surface area contributed by atoms with Gasteiger partial charge in [-0.15, -0.1) is 0 Å². The van der Waals surface area contributed by atoms with Gasteiger partial charge in [0.05, 0.1) is 11.7 Å². The van der Waals surface area contributed by atoms with Gasteiger partial charge in [-0.3, -0.25) is 9.97 Å². The van der Waals surface area contributed by atoms with Crippen LogP contribution in [0.4, 0.5) is 5.82 Å². The van der Waals surface area contributed by atoms with Crippen LogP contribution in [0.15, 0.2) is 73.3 Å². The van der Waals surface area contributed by atoms with Crippen LogP contribution in [-0.2, 0) is 6.54 Å². The smallest absolute Gasteiger partial charge is 0.162 e. The van der Waals surface area contributed by atoms with Gasteiger partial charge in [0, 0.05) is 36.1 Å². The molecule has 3 aromatic heterocycles. The largest absolute Gasteiger partial charge is 0.365 e. The number of fused-ring (bicyclic) bond motifs is 1. The van der Waals surface area contributed by atoms with Crippen LogP contribution >= 0.6 is 0 Å². The lowest BCUT2D eigenvalue weighted by Gasteiger charge is -2.11. The van der Waals surface area contributed by atoms with E-state index >= 15 is 0 Å². The average molecular weight is 313 g/mol. The van der Waals surface area contributed by atoms with Gasteiger partial charge in [0.15, 0.2) is 5.82 Å². The van der Waals surface area contributed by atoms with E-state index in [-0.39, 0.29) is 0 Å². The second kappa shape index (κ2) is 6.42. The molecule has 0 fully saturated rings. The monoisotopic (exact) mass is 313 g/mol. The molecule has 0 atom stereocenters. The topological polar surface area (TPSA) is 63.6 Å². The fourth-order valence-corrected chi connectivity index (χ4v) is 2.53. The van der Waals surface area contributed by atoms with Crippen LogP contribution < -0.4 is 5.32 Å². The third kappa shape index (κ3) is 2.92. The molecule has 116 valence electrons. The van der Waals surface area contributed by atoms with Crippen molar-refractivity contribution in [1.29, 1.82) is 0 Å². The molecule has 24 heavy (non-hydrogen) atoms. The molecule has 3 heterocycles. The molecule has 0 aliphatic heterocycles. The molecule has 5 heteroatoms. The fourth-order valence-electron chi connectivity index (χ4n) is 2.53. The van der Waals surface area contributed by atoms with E-state index in [0.29, 0.717) is 12.4 Å². The molecular weight excluding hydrogens is 298 g/mol. The van der Waals surface area contributed by atoms with Crippen molar-refractivity contribution in [2.45, 2.75) is 6.54 Å². The Hall–Kier alpha value is -3.34. The number of pyridine rings is 2. The first-order valence-corrected chi connectivity index (χ1v) is 7.70. The minimum atomic E-state index is 0.661. The fraction of sp³-hybridized carbons (Fsp3) is 0.0526. The second-order valence-corrected chi connectivity index (χ2v) is 5.36. The van der Waals surface area contributed by atoms with E-state index in [2.05, 4.69) is 32.4 Å². The Kier molecular flexibility index (Phi) is 3.81. The molecule has 0 saturated carbocycles. The highest BCUT2D eigenvalue weighted by molar-refractivity contribution is 5.89. The summed E-state index contributed by atoms with van der Waals surface area (Å²) in [4.78, 5) is 17.6. The lowest BCUT2D eigenvalue weighted by atomic mass is 10.2. The zero-order chi connectivity index (χ0) is 16.2. The third-order valence-electron chi connectivity index (χ3n) is 3.74. The molecule has 4 aromatic rings. The highest BCUT2D eigenvalue weighted by Crippen LogP contribution is 2.24. The Morgan fingerprint density at radius 3 is 2.42 bits per heavy atom. The molecule has 0 aliphatic rings. The van der Waals surface area contributed by atoms with E-state index in [0.717, 1.165) is 22.3 Å². The van der Waals surface area contributed by atoms with Gasteiger partial charge < -0.3 is 5.32 Å². The number of anilines is 1. The Labute approximate surface area is 139 Å². The summed E-state index contributed by atoms with van der Waals surface area (Å²) in [5.74, 6) is 1.46. The van der Waals surface area contributed by atoms with Crippen LogP contribution in [0.2, 0.25) is 0 Å². The quantitative estimate of drug-likeness (QED) is 0.622. The number of nitrogens with one attached hydrogen (secondary N) is 1. The van der Waals surface area contributed by atoms with Crippen molar-refractivity contribution in [1.82, 2.24) is 19.9 Å². The maximum Gasteiger partial charge on any atom is 0.162 e. The zero-order valence-electron chi connectivity index (χ0n) is 12.9. The number of aromatic nitrogens is 4. The number of benzene rings is 1. The molecule has 0 aliphatic carbocycles. The molecule has 0 unspecified atom stereocenters. The van der Waals surface area contributed by atoms with E-state index < -0.39 is 0 Å². The third-order valence-corrected chi connectivity index (χ3v) is 3.74. The Bertz CT molecular complexity index is 955. The van der Waals surface area contributed by atoms with Crippen molar-refractivity contribution >= 4 is 16.7 Å². The van der Waals surface area contributed by atoms with Crippen molar-refractivity contribution in [3.63, 3.8) is 0 Å². The van der Waals surface area contributed by atoms with Gasteiger partial charge >= 0.3 is 0 Å². The van der Waals surface area contributed by atoms with E-state index in [9.17, 15) is 0 Å². The summed E-state index contributed by atoms with van der Waals surface area (Å²) in [5, 5.41) is 4.38. The predicted octanol–water partition coefficient (Wildman–Crippen LogP) is 3.70. The van der Waals surface area contributed by atoms with Crippen molar-refractivity contribution in [3.05, 3.63) is 78.9 Å². The number of nitrogens with zero attached hydrogens (tertiary/aromatic N) is 4. The van der Waals surface area contributed by atoms with E-state index in [1.165, 1.54) is 5.56 Å². The van der Waals surface area contributed by atoms with Gasteiger partial charge in [0.25, 0.3) is 0 Å². The highest BCUT2D eigenvalue weighted by atomic mass is 15.0. The SMILES string of the molecule is c1ccc(CNc2nc(-c3ccncc3)nc3cnccc23)cc1. The molecule has 0 amide bonds. The maximum atomic E-state index is 4.71. The van der Waals surface area contributed by atoms with Crippen LogP contribution in [0.1, 0.15) is 5.56 Å². The standard InChI is InChI=1S/C19H15N5/c1-2-4-14(5-3-1)12-22-19-16-8-11-21-13-17(16)23-18(24-19)15-6-9-20-10-7-15/h1-11,13H,12H2,(H,22,23,24). The van der Waals surface area contributed by atoms with Gasteiger partial charge in [-0.05, 0) is 23.8 Å². The summed E-state index contributed by atoms with van der Waals surface area (Å²) >= 11 is 0. The molecule has 0 bridgehead atoms. The minimum absolute atomic E-state index is 0.661. The van der Waals surface area contributed by atoms with Crippen molar-refractivity contribution in [2.75, 3.05) is 5.32 Å². The Balaban J connectivity index is 1.75. The van der Waals surface area contributed by atoms with Gasteiger partial charge in [0.1, 0.15) is 5.82 Å². The summed E-state index contributed by atoms with van der Waals surface area (Å²) in [6.45, 7) is 0.699. The Morgan fingerprint density at radius 2 is 1.58 bits per heavy atom. The van der Waals surface area contributed by atoms with Gasteiger partial charge in [-0.1, -0.05) is 30.3 Å². The average Bonchev–Trinajstić information content (AvgIpc) is 2.67. The highest BCUT2D eigenvalue weighted by Gasteiger charge is 2.09. The summed E-state index contributed by atoms with van der Waals surface area (Å²) < 4.78 is 0. The molecule has 0 spiro atoms. The lowest BCUT2D eigenvalue weighted by Crippen LogP contribution is -2.04. The first-order valence-electron chi connectivity index (χ1n) is 7.70. The van der Waals surface area contributed by atoms with Crippen molar-refractivity contribution < 1.29 is 0 Å². The van der Waals surface area contributed by atoms with E-state index in [4.69, 9.17) is 4.98 Å². The molecular formula is C19H15N5. The van der Waals surface area contributed by atoms with E-state index in [1.54, 1.807) is 24.8 Å². The first kappa shape index (κ1) is 14.3. The van der Waals surface area contributed by atoms with Crippen LogP contribution in [0.25, 0.3) is 22.3 Å². The lowest BCUT2D eigenvalue weighted by molar-refractivity contribution is 1.10. The summed E-state index contributed by atoms with van der Waals surface area (Å²) in [6, 6.07) is 16.0. The second-order valence-electron chi connectivity index (χ2n) is 5.36. The summed E-state index contributed by atoms with van der Waals surface area (Å²) in [7, 11) is 0. The molecule has 4 rings (SSSR count). The van der Waals surface area contributed by atoms with Crippen molar-refractivity contribution in [2.24, 2.45) is 0 Å². The predicted molar refractivity (Wildman–Crippen MR) is 94.3 cm³/mol. The maximum absolute atomic E-state index is 4.71. The van der Waals surface area contributed by atoms with Crippen molar-refractivity contribution in [3.8, 4) is 11.4 Å². The Morgan fingerprint density at radius 1 is 0.792 bits per heavy atom. The summed E-state index contributed by atoms with van der Waals surface area (Å²) in [5.41, 5.74) is 2.94. The van der Waals surface area contributed by atoms with Crippen LogP contribution in [0.3, 0.4) is 0 Å². The molecule has 0 radical (unpaired) electrons. The van der Waals surface area contributed by atoms with Gasteiger partial charge in [-0.2, -0.15) is 0 Å². The first-order chi connectivity index (χ1) is 11.9. The minimum Gasteiger partial charge on any atom is -0.365 e. The molecule has 1 N–H and O–H groups in total. The van der Waals surface area contributed by atoms with Gasteiger partial charge in [0.2, 0.25) is 0 Å². The number of hydrogen-bond acceptors (Lipinski definition) is 5. The molecule has 0 saturated heterocycles. The summed E-state index contributed by atoms with van der Waals surface area (Å²) in [6.07, 6.45) is 6.99.